The standard InChI is InChI=1S/C20H22F4O3/c21-18-16(25-12-2-6-14-4-1-5-14)10-11-17(19(18)27-20(22,23)24)26-13-3-7-15-8-9-15/h2-3,6-7,10-11,14-15H,1,4-5,8-9,12-13H2/b6-2+,7-3+. The van der Waals surface area contributed by atoms with Gasteiger partial charge in [-0.3, -0.25) is 0 Å². The summed E-state index contributed by atoms with van der Waals surface area (Å²) in [4.78, 5) is 0. The minimum absolute atomic E-state index is 0.0362. The van der Waals surface area contributed by atoms with Crippen LogP contribution in [0.4, 0.5) is 17.6 Å². The summed E-state index contributed by atoms with van der Waals surface area (Å²) in [5.41, 5.74) is 0. The number of ether oxygens (including phenoxy) is 3. The molecule has 0 N–H and O–H groups in total. The fourth-order valence-corrected chi connectivity index (χ4v) is 2.65. The Morgan fingerprint density at radius 3 is 1.96 bits per heavy atom. The number of allylic oxidation sites excluding steroid dienone is 2. The lowest BCUT2D eigenvalue weighted by Crippen LogP contribution is -2.19. The third kappa shape index (κ3) is 6.19. The van der Waals surface area contributed by atoms with Gasteiger partial charge < -0.3 is 14.2 Å². The van der Waals surface area contributed by atoms with Crippen LogP contribution >= 0.6 is 0 Å². The van der Waals surface area contributed by atoms with Crippen LogP contribution in [0.15, 0.2) is 36.4 Å². The van der Waals surface area contributed by atoms with Gasteiger partial charge in [0.25, 0.3) is 0 Å². The molecule has 0 unspecified atom stereocenters. The molecule has 0 amide bonds. The van der Waals surface area contributed by atoms with Gasteiger partial charge in [-0.2, -0.15) is 4.39 Å². The maximum Gasteiger partial charge on any atom is 0.573 e. The fourth-order valence-electron chi connectivity index (χ4n) is 2.65. The minimum atomic E-state index is -5.04. The first-order chi connectivity index (χ1) is 12.9. The van der Waals surface area contributed by atoms with E-state index in [2.05, 4.69) is 4.74 Å². The molecular weight excluding hydrogens is 364 g/mol. The molecule has 27 heavy (non-hydrogen) atoms. The summed E-state index contributed by atoms with van der Waals surface area (Å²) >= 11 is 0. The van der Waals surface area contributed by atoms with Gasteiger partial charge in [-0.25, -0.2) is 0 Å². The van der Waals surface area contributed by atoms with Crippen molar-refractivity contribution in [2.75, 3.05) is 13.2 Å². The van der Waals surface area contributed by atoms with Gasteiger partial charge in [0.2, 0.25) is 11.6 Å². The first-order valence-corrected chi connectivity index (χ1v) is 9.09. The lowest BCUT2D eigenvalue weighted by Gasteiger charge is -2.21. The van der Waals surface area contributed by atoms with Gasteiger partial charge in [-0.1, -0.05) is 30.7 Å². The number of alkyl halides is 3. The van der Waals surface area contributed by atoms with Crippen molar-refractivity contribution in [1.82, 2.24) is 0 Å². The summed E-state index contributed by atoms with van der Waals surface area (Å²) in [7, 11) is 0. The Kier molecular flexibility index (Phi) is 6.29. The molecule has 2 aliphatic carbocycles. The zero-order chi connectivity index (χ0) is 19.3. The normalized spacial score (nSPS) is 18.1. The monoisotopic (exact) mass is 386 g/mol. The van der Waals surface area contributed by atoms with Gasteiger partial charge in [-0.15, -0.1) is 13.2 Å². The molecule has 7 heteroatoms. The van der Waals surface area contributed by atoms with Crippen LogP contribution in [-0.2, 0) is 0 Å². The van der Waals surface area contributed by atoms with Gasteiger partial charge in [0.1, 0.15) is 13.2 Å². The van der Waals surface area contributed by atoms with Crippen molar-refractivity contribution in [3.63, 3.8) is 0 Å². The smallest absolute Gasteiger partial charge is 0.486 e. The van der Waals surface area contributed by atoms with E-state index in [0.29, 0.717) is 11.8 Å². The highest BCUT2D eigenvalue weighted by Gasteiger charge is 2.35. The highest BCUT2D eigenvalue weighted by Crippen LogP contribution is 2.39. The molecule has 2 fully saturated rings. The molecule has 0 bridgehead atoms. The average molecular weight is 386 g/mol. The van der Waals surface area contributed by atoms with Crippen molar-refractivity contribution < 1.29 is 31.8 Å². The molecule has 148 valence electrons. The van der Waals surface area contributed by atoms with Crippen LogP contribution in [0, 0.1) is 17.7 Å². The Labute approximate surface area is 155 Å². The first kappa shape index (κ1) is 19.6. The molecule has 2 aliphatic rings. The van der Waals surface area contributed by atoms with Gasteiger partial charge in [-0.05, 0) is 49.7 Å². The number of halogens is 4. The molecule has 0 heterocycles. The molecule has 3 nitrogen and oxygen atoms in total. The predicted octanol–water partition coefficient (Wildman–Crippen LogP) is 5.80. The van der Waals surface area contributed by atoms with E-state index in [1.165, 1.54) is 18.6 Å². The molecule has 1 aromatic carbocycles. The van der Waals surface area contributed by atoms with Gasteiger partial charge >= 0.3 is 6.36 Å². The van der Waals surface area contributed by atoms with Crippen molar-refractivity contribution in [1.29, 1.82) is 0 Å². The summed E-state index contributed by atoms with van der Waals surface area (Å²) < 4.78 is 66.9. The average Bonchev–Trinajstić information content (AvgIpc) is 3.37. The molecule has 0 aromatic heterocycles. The lowest BCUT2D eigenvalue weighted by molar-refractivity contribution is -0.276. The number of rotatable bonds is 9. The quantitative estimate of drug-likeness (QED) is 0.396. The van der Waals surface area contributed by atoms with Gasteiger partial charge in [0, 0.05) is 0 Å². The summed E-state index contributed by atoms with van der Waals surface area (Å²) in [5.74, 6) is -1.84. The van der Waals surface area contributed by atoms with Gasteiger partial charge in [0.05, 0.1) is 0 Å². The molecule has 1 aromatic rings. The lowest BCUT2D eigenvalue weighted by atomic mass is 9.85. The second-order valence-corrected chi connectivity index (χ2v) is 6.76. The van der Waals surface area contributed by atoms with Crippen molar-refractivity contribution in [3.8, 4) is 17.2 Å². The number of hydrogen-bond donors (Lipinski definition) is 0. The highest BCUT2D eigenvalue weighted by molar-refractivity contribution is 5.47. The van der Waals surface area contributed by atoms with Crippen molar-refractivity contribution in [2.24, 2.45) is 11.8 Å². The SMILES string of the molecule is Fc1c(OC/C=C/C2CCC2)ccc(OC/C=C/C2CC2)c1OC(F)(F)F. The van der Waals surface area contributed by atoms with E-state index in [1.807, 2.05) is 12.2 Å². The van der Waals surface area contributed by atoms with Crippen molar-refractivity contribution in [3.05, 3.63) is 42.3 Å². The number of benzene rings is 1. The topological polar surface area (TPSA) is 27.7 Å². The second kappa shape index (κ2) is 8.67. The molecule has 3 rings (SSSR count). The van der Waals surface area contributed by atoms with Crippen LogP contribution in [-0.4, -0.2) is 19.6 Å². The molecule has 0 aliphatic heterocycles. The van der Waals surface area contributed by atoms with Crippen LogP contribution in [0.3, 0.4) is 0 Å². The van der Waals surface area contributed by atoms with Gasteiger partial charge in [0.15, 0.2) is 11.5 Å². The summed E-state index contributed by atoms with van der Waals surface area (Å²) in [6, 6.07) is 2.47. The van der Waals surface area contributed by atoms with Crippen molar-refractivity contribution >= 4 is 0 Å². The maximum atomic E-state index is 14.5. The summed E-state index contributed by atoms with van der Waals surface area (Å²) in [6.45, 7) is 0.109. The molecule has 0 saturated heterocycles. The van der Waals surface area contributed by atoms with E-state index in [4.69, 9.17) is 9.47 Å². The van der Waals surface area contributed by atoms with Crippen LogP contribution in [0.5, 0.6) is 17.2 Å². The predicted molar refractivity (Wildman–Crippen MR) is 92.4 cm³/mol. The van der Waals surface area contributed by atoms with E-state index in [9.17, 15) is 17.6 Å². The van der Waals surface area contributed by atoms with E-state index in [-0.39, 0.29) is 24.7 Å². The zero-order valence-corrected chi connectivity index (χ0v) is 14.8. The largest absolute Gasteiger partial charge is 0.573 e. The Hall–Kier alpha value is -2.18. The highest BCUT2D eigenvalue weighted by atomic mass is 19.4. The Morgan fingerprint density at radius 2 is 1.44 bits per heavy atom. The molecule has 0 spiro atoms. The van der Waals surface area contributed by atoms with Crippen LogP contribution in [0.25, 0.3) is 0 Å². The van der Waals surface area contributed by atoms with E-state index >= 15 is 0 Å². The molecule has 2 saturated carbocycles. The van der Waals surface area contributed by atoms with Crippen LogP contribution in [0.2, 0.25) is 0 Å². The first-order valence-electron chi connectivity index (χ1n) is 9.09. The molecule has 0 atom stereocenters. The molecule has 0 radical (unpaired) electrons. The van der Waals surface area contributed by atoms with E-state index < -0.39 is 17.9 Å². The summed E-state index contributed by atoms with van der Waals surface area (Å²) in [6.07, 6.45) is 7.99. The summed E-state index contributed by atoms with van der Waals surface area (Å²) in [5, 5.41) is 0. The molecular formula is C20H22F4O3. The minimum Gasteiger partial charge on any atom is -0.486 e. The van der Waals surface area contributed by atoms with Crippen LogP contribution < -0.4 is 14.2 Å². The second-order valence-electron chi connectivity index (χ2n) is 6.76. The van der Waals surface area contributed by atoms with E-state index in [1.54, 1.807) is 12.2 Å². The van der Waals surface area contributed by atoms with Crippen LogP contribution in [0.1, 0.15) is 32.1 Å². The third-order valence-corrected chi connectivity index (χ3v) is 4.50. The third-order valence-electron chi connectivity index (χ3n) is 4.50. The Bertz CT molecular complexity index is 689. The maximum absolute atomic E-state index is 14.5. The Balaban J connectivity index is 1.66. The van der Waals surface area contributed by atoms with E-state index in [0.717, 1.165) is 25.7 Å². The van der Waals surface area contributed by atoms with Crippen molar-refractivity contribution in [2.45, 2.75) is 38.5 Å². The fraction of sp³-hybridized carbons (Fsp3) is 0.500. The zero-order valence-electron chi connectivity index (χ0n) is 14.8. The number of hydrogen-bond acceptors (Lipinski definition) is 3. The Morgan fingerprint density at radius 1 is 0.889 bits per heavy atom.